The molecular weight excluding hydrogens is 322 g/mol. The summed E-state index contributed by atoms with van der Waals surface area (Å²) < 4.78 is 4.48. The van der Waals surface area contributed by atoms with E-state index in [1.165, 1.54) is 6.92 Å². The van der Waals surface area contributed by atoms with E-state index in [0.29, 0.717) is 24.9 Å². The Morgan fingerprint density at radius 1 is 1.20 bits per heavy atom. The third-order valence-electron chi connectivity index (χ3n) is 3.78. The van der Waals surface area contributed by atoms with Crippen molar-refractivity contribution in [1.82, 2.24) is 0 Å². The lowest BCUT2D eigenvalue weighted by molar-refractivity contribution is -0.140. The molecule has 1 aromatic rings. The molecule has 7 heteroatoms. The number of ether oxygens (including phenoxy) is 1. The summed E-state index contributed by atoms with van der Waals surface area (Å²) in [6, 6.07) is 7.34. The Labute approximate surface area is 147 Å². The summed E-state index contributed by atoms with van der Waals surface area (Å²) >= 11 is 0. The topological polar surface area (TPSA) is 109 Å². The second-order valence-electron chi connectivity index (χ2n) is 5.71. The first kappa shape index (κ1) is 20.3. The standard InChI is InChI=1S/C18H23N3O4/c1-4-5-14(17(23)16(21-19)18(24)25-3)9-6-13-7-10-15(11-8-13)20-12(2)22/h7-8,10-11,14H,4-6,9H2,1-3H3,(H,20,22). The zero-order valence-corrected chi connectivity index (χ0v) is 14.7. The number of esters is 1. The van der Waals surface area contributed by atoms with Gasteiger partial charge in [0.25, 0.3) is 5.78 Å². The summed E-state index contributed by atoms with van der Waals surface area (Å²) in [4.78, 5) is 37.8. The zero-order valence-electron chi connectivity index (χ0n) is 14.7. The minimum Gasteiger partial charge on any atom is -0.460 e. The van der Waals surface area contributed by atoms with Gasteiger partial charge in [-0.3, -0.25) is 9.59 Å². The molecule has 0 aliphatic rings. The first-order chi connectivity index (χ1) is 11.9. The van der Waals surface area contributed by atoms with Gasteiger partial charge in [0, 0.05) is 18.5 Å². The summed E-state index contributed by atoms with van der Waals surface area (Å²) in [6.07, 6.45) is 2.48. The van der Waals surface area contributed by atoms with Gasteiger partial charge in [0.1, 0.15) is 0 Å². The third kappa shape index (κ3) is 6.31. The Kier molecular flexibility index (Phi) is 8.23. The highest BCUT2D eigenvalue weighted by Crippen LogP contribution is 2.18. The molecule has 1 amide bonds. The molecule has 0 radical (unpaired) electrons. The van der Waals surface area contributed by atoms with E-state index in [9.17, 15) is 14.4 Å². The molecule has 0 aliphatic heterocycles. The molecule has 0 bridgehead atoms. The summed E-state index contributed by atoms with van der Waals surface area (Å²) in [7, 11) is 1.13. The normalized spacial score (nSPS) is 11.2. The van der Waals surface area contributed by atoms with Crippen molar-refractivity contribution in [1.29, 1.82) is 0 Å². The third-order valence-corrected chi connectivity index (χ3v) is 3.78. The minimum atomic E-state index is -0.937. The van der Waals surface area contributed by atoms with Gasteiger partial charge in [-0.05, 0) is 37.0 Å². The SMILES string of the molecule is CCCC(CCc1ccc(NC(C)=O)cc1)C(=O)C(=[N+]=[N-])C(=O)OC. The monoisotopic (exact) mass is 345 g/mol. The van der Waals surface area contributed by atoms with Crippen molar-refractivity contribution in [3.63, 3.8) is 0 Å². The minimum absolute atomic E-state index is 0.139. The molecule has 1 N–H and O–H groups in total. The van der Waals surface area contributed by atoms with Crippen molar-refractivity contribution in [2.24, 2.45) is 5.92 Å². The van der Waals surface area contributed by atoms with Crippen LogP contribution in [0.5, 0.6) is 0 Å². The Hall–Kier alpha value is -2.79. The maximum absolute atomic E-state index is 12.4. The van der Waals surface area contributed by atoms with Gasteiger partial charge in [0.15, 0.2) is 0 Å². The smallest absolute Gasteiger partial charge is 0.441 e. The fourth-order valence-corrected chi connectivity index (χ4v) is 2.53. The number of nitrogens with zero attached hydrogens (tertiary/aromatic N) is 2. The van der Waals surface area contributed by atoms with Gasteiger partial charge in [-0.2, -0.15) is 4.79 Å². The second kappa shape index (κ2) is 10.2. The van der Waals surface area contributed by atoms with Gasteiger partial charge in [-0.15, -0.1) is 0 Å². The van der Waals surface area contributed by atoms with E-state index in [2.05, 4.69) is 14.8 Å². The summed E-state index contributed by atoms with van der Waals surface area (Å²) in [5.41, 5.74) is 10.1. The maximum Gasteiger partial charge on any atom is 0.441 e. The fraction of sp³-hybridized carbons (Fsp3) is 0.444. The summed E-state index contributed by atoms with van der Waals surface area (Å²) in [6.45, 7) is 3.38. The molecule has 25 heavy (non-hydrogen) atoms. The molecule has 1 aromatic carbocycles. The highest BCUT2D eigenvalue weighted by molar-refractivity contribution is 6.62. The predicted molar refractivity (Wildman–Crippen MR) is 93.1 cm³/mol. The van der Waals surface area contributed by atoms with Crippen molar-refractivity contribution in [3.05, 3.63) is 35.4 Å². The molecule has 0 spiro atoms. The van der Waals surface area contributed by atoms with Crippen LogP contribution in [0.2, 0.25) is 0 Å². The van der Waals surface area contributed by atoms with Crippen LogP contribution < -0.4 is 5.32 Å². The summed E-state index contributed by atoms with van der Waals surface area (Å²) in [5.74, 6) is -2.01. The molecule has 0 aliphatic carbocycles. The number of ketones is 1. The van der Waals surface area contributed by atoms with E-state index in [1.54, 1.807) is 12.1 Å². The lowest BCUT2D eigenvalue weighted by Gasteiger charge is -2.12. The van der Waals surface area contributed by atoms with E-state index in [4.69, 9.17) is 5.53 Å². The van der Waals surface area contributed by atoms with Crippen molar-refractivity contribution < 1.29 is 23.9 Å². The Morgan fingerprint density at radius 2 is 1.84 bits per heavy atom. The molecule has 0 heterocycles. The second-order valence-corrected chi connectivity index (χ2v) is 5.71. The van der Waals surface area contributed by atoms with Crippen molar-refractivity contribution >= 4 is 29.1 Å². The Morgan fingerprint density at radius 3 is 2.32 bits per heavy atom. The van der Waals surface area contributed by atoms with Crippen LogP contribution in [0.4, 0.5) is 5.69 Å². The predicted octanol–water partition coefficient (Wildman–Crippen LogP) is 2.41. The van der Waals surface area contributed by atoms with E-state index in [1.807, 2.05) is 19.1 Å². The molecule has 0 aromatic heterocycles. The summed E-state index contributed by atoms with van der Waals surface area (Å²) in [5, 5.41) is 2.69. The molecule has 0 fully saturated rings. The number of hydrogen-bond acceptors (Lipinski definition) is 4. The first-order valence-corrected chi connectivity index (χ1v) is 8.14. The van der Waals surface area contributed by atoms with Gasteiger partial charge in [-0.25, -0.2) is 4.79 Å². The van der Waals surface area contributed by atoms with Gasteiger partial charge < -0.3 is 15.6 Å². The molecular formula is C18H23N3O4. The molecule has 134 valence electrons. The van der Waals surface area contributed by atoms with Crippen LogP contribution >= 0.6 is 0 Å². The lowest BCUT2D eigenvalue weighted by atomic mass is 9.89. The van der Waals surface area contributed by atoms with Crippen LogP contribution in [0, 0.1) is 5.92 Å². The molecule has 1 atom stereocenters. The quantitative estimate of drug-likeness (QED) is 0.244. The number of carbonyl (C=O) groups is 3. The number of hydrogen-bond donors (Lipinski definition) is 1. The van der Waals surface area contributed by atoms with Crippen molar-refractivity contribution in [2.75, 3.05) is 12.4 Å². The number of methoxy groups -OCH3 is 1. The zero-order chi connectivity index (χ0) is 18.8. The number of anilines is 1. The lowest BCUT2D eigenvalue weighted by Crippen LogP contribution is -2.32. The Balaban J connectivity index is 2.78. The number of nitrogens with one attached hydrogen (secondary N) is 1. The van der Waals surface area contributed by atoms with Gasteiger partial charge in [0.05, 0.1) is 7.11 Å². The number of Topliss-reactive ketones (excluding diaryl/α,β-unsaturated/α-hetero) is 1. The van der Waals surface area contributed by atoms with E-state index in [-0.39, 0.29) is 5.91 Å². The van der Waals surface area contributed by atoms with E-state index < -0.39 is 23.4 Å². The van der Waals surface area contributed by atoms with Crippen molar-refractivity contribution in [2.45, 2.75) is 39.5 Å². The van der Waals surface area contributed by atoms with Crippen LogP contribution in [0.15, 0.2) is 24.3 Å². The van der Waals surface area contributed by atoms with Crippen molar-refractivity contribution in [3.8, 4) is 0 Å². The molecule has 0 saturated heterocycles. The number of aryl methyl sites for hydroxylation is 1. The van der Waals surface area contributed by atoms with E-state index in [0.717, 1.165) is 19.1 Å². The highest BCUT2D eigenvalue weighted by Gasteiger charge is 2.35. The number of amides is 1. The molecule has 1 rings (SSSR count). The molecule has 7 nitrogen and oxygen atoms in total. The number of rotatable bonds is 9. The van der Waals surface area contributed by atoms with Gasteiger partial charge in [-0.1, -0.05) is 25.5 Å². The number of carbonyl (C=O) groups excluding carboxylic acids is 3. The van der Waals surface area contributed by atoms with Crippen LogP contribution in [-0.2, 0) is 25.5 Å². The van der Waals surface area contributed by atoms with Crippen LogP contribution in [-0.4, -0.2) is 35.3 Å². The average molecular weight is 345 g/mol. The Bertz CT molecular complexity index is 676. The average Bonchev–Trinajstić information content (AvgIpc) is 2.59. The molecule has 1 unspecified atom stereocenters. The first-order valence-electron chi connectivity index (χ1n) is 8.14. The van der Waals surface area contributed by atoms with Crippen LogP contribution in [0.25, 0.3) is 5.53 Å². The maximum atomic E-state index is 12.4. The molecule has 0 saturated carbocycles. The van der Waals surface area contributed by atoms with E-state index >= 15 is 0 Å². The van der Waals surface area contributed by atoms with Crippen LogP contribution in [0.3, 0.4) is 0 Å². The fourth-order valence-electron chi connectivity index (χ4n) is 2.53. The largest absolute Gasteiger partial charge is 0.460 e. The van der Waals surface area contributed by atoms with Gasteiger partial charge in [0.2, 0.25) is 5.91 Å². The van der Waals surface area contributed by atoms with Gasteiger partial charge >= 0.3 is 11.7 Å². The highest BCUT2D eigenvalue weighted by atomic mass is 16.5. The number of benzene rings is 1. The van der Waals surface area contributed by atoms with Crippen LogP contribution in [0.1, 0.15) is 38.7 Å².